The minimum Gasteiger partial charge on any atom is -0.481 e. The first kappa shape index (κ1) is 10.8. The number of aromatic nitrogens is 2. The summed E-state index contributed by atoms with van der Waals surface area (Å²) in [4.78, 5) is 9.91. The zero-order valence-electron chi connectivity index (χ0n) is 9.14. The molecule has 0 radical (unpaired) electrons. The summed E-state index contributed by atoms with van der Waals surface area (Å²) in [6.45, 7) is 2.77. The van der Waals surface area contributed by atoms with Crippen LogP contribution >= 0.6 is 0 Å². The van der Waals surface area contributed by atoms with Crippen molar-refractivity contribution in [2.45, 2.75) is 0 Å². The van der Waals surface area contributed by atoms with Gasteiger partial charge in [0.15, 0.2) is 0 Å². The van der Waals surface area contributed by atoms with Crippen molar-refractivity contribution in [1.29, 1.82) is 5.41 Å². The molecular weight excluding hydrogens is 208 g/mol. The van der Waals surface area contributed by atoms with Crippen molar-refractivity contribution >= 4 is 5.84 Å². The van der Waals surface area contributed by atoms with Crippen molar-refractivity contribution in [2.75, 3.05) is 33.4 Å². The normalized spacial score (nSPS) is 15.9. The highest BCUT2D eigenvalue weighted by Gasteiger charge is 2.16. The van der Waals surface area contributed by atoms with E-state index in [9.17, 15) is 0 Å². The van der Waals surface area contributed by atoms with Crippen molar-refractivity contribution in [3.8, 4) is 5.88 Å². The highest BCUT2D eigenvalue weighted by atomic mass is 16.5. The van der Waals surface area contributed by atoms with Gasteiger partial charge in [0.2, 0.25) is 5.88 Å². The van der Waals surface area contributed by atoms with Crippen LogP contribution in [0.2, 0.25) is 0 Å². The van der Waals surface area contributed by atoms with Crippen LogP contribution in [0.25, 0.3) is 0 Å². The molecule has 1 aromatic rings. The number of amidine groups is 1. The fraction of sp³-hybridized carbons (Fsp3) is 0.500. The van der Waals surface area contributed by atoms with Gasteiger partial charge in [0.05, 0.1) is 20.3 Å². The second-order valence-electron chi connectivity index (χ2n) is 3.39. The lowest BCUT2D eigenvalue weighted by Gasteiger charge is -2.28. The minimum atomic E-state index is 0.393. The zero-order valence-corrected chi connectivity index (χ0v) is 9.14. The summed E-state index contributed by atoms with van der Waals surface area (Å²) < 4.78 is 10.2. The molecule has 86 valence electrons. The molecule has 0 atom stereocenters. The van der Waals surface area contributed by atoms with Crippen LogP contribution < -0.4 is 4.74 Å². The molecule has 0 amide bonds. The third-order valence-electron chi connectivity index (χ3n) is 2.42. The van der Waals surface area contributed by atoms with Gasteiger partial charge in [-0.2, -0.15) is 0 Å². The maximum atomic E-state index is 8.02. The molecule has 2 rings (SSSR count). The Balaban J connectivity index is 2.12. The fourth-order valence-corrected chi connectivity index (χ4v) is 1.53. The maximum Gasteiger partial charge on any atom is 0.216 e. The van der Waals surface area contributed by atoms with Crippen molar-refractivity contribution in [3.63, 3.8) is 0 Å². The van der Waals surface area contributed by atoms with Gasteiger partial charge in [0.1, 0.15) is 17.9 Å². The van der Waals surface area contributed by atoms with Gasteiger partial charge in [0, 0.05) is 19.2 Å². The molecule has 2 heterocycles. The van der Waals surface area contributed by atoms with Gasteiger partial charge in [0.25, 0.3) is 0 Å². The number of nitrogens with zero attached hydrogens (tertiary/aromatic N) is 3. The molecule has 0 unspecified atom stereocenters. The van der Waals surface area contributed by atoms with E-state index in [-0.39, 0.29) is 0 Å². The van der Waals surface area contributed by atoms with Gasteiger partial charge < -0.3 is 14.4 Å². The molecule has 0 aliphatic carbocycles. The monoisotopic (exact) mass is 222 g/mol. The molecule has 6 nitrogen and oxygen atoms in total. The van der Waals surface area contributed by atoms with Crippen molar-refractivity contribution in [1.82, 2.24) is 14.9 Å². The lowest BCUT2D eigenvalue weighted by atomic mass is 10.3. The molecule has 0 spiro atoms. The quantitative estimate of drug-likeness (QED) is 0.569. The number of nitrogens with one attached hydrogen (secondary N) is 1. The topological polar surface area (TPSA) is 71.3 Å². The number of hydrogen-bond donors (Lipinski definition) is 1. The molecule has 1 saturated heterocycles. The van der Waals surface area contributed by atoms with E-state index in [0.29, 0.717) is 30.6 Å². The first-order valence-corrected chi connectivity index (χ1v) is 5.09. The van der Waals surface area contributed by atoms with Crippen LogP contribution in [-0.4, -0.2) is 54.1 Å². The van der Waals surface area contributed by atoms with E-state index in [1.54, 1.807) is 13.2 Å². The molecule has 1 aliphatic rings. The van der Waals surface area contributed by atoms with Gasteiger partial charge in [-0.1, -0.05) is 0 Å². The first-order chi connectivity index (χ1) is 7.81. The van der Waals surface area contributed by atoms with E-state index in [1.807, 2.05) is 4.90 Å². The van der Waals surface area contributed by atoms with Gasteiger partial charge in [-0.05, 0) is 0 Å². The lowest BCUT2D eigenvalue weighted by Crippen LogP contribution is -2.41. The smallest absolute Gasteiger partial charge is 0.216 e. The number of hydrogen-bond acceptors (Lipinski definition) is 5. The lowest BCUT2D eigenvalue weighted by molar-refractivity contribution is 0.0679. The minimum absolute atomic E-state index is 0.393. The molecule has 0 aromatic carbocycles. The standard InChI is InChI=1S/C10H14N4O2/c1-15-9-6-8(12-7-13-9)10(11)14-2-4-16-5-3-14/h6-7,11H,2-5H2,1H3. The third-order valence-corrected chi connectivity index (χ3v) is 2.42. The Hall–Kier alpha value is -1.69. The van der Waals surface area contributed by atoms with E-state index in [1.165, 1.54) is 6.33 Å². The van der Waals surface area contributed by atoms with Crippen LogP contribution in [0.3, 0.4) is 0 Å². The van der Waals surface area contributed by atoms with Crippen LogP contribution in [-0.2, 0) is 4.74 Å². The van der Waals surface area contributed by atoms with E-state index in [4.69, 9.17) is 14.9 Å². The van der Waals surface area contributed by atoms with Crippen molar-refractivity contribution in [3.05, 3.63) is 18.1 Å². The Morgan fingerprint density at radius 3 is 2.88 bits per heavy atom. The Bertz CT molecular complexity index is 377. The van der Waals surface area contributed by atoms with Gasteiger partial charge in [-0.25, -0.2) is 9.97 Å². The highest BCUT2D eigenvalue weighted by Crippen LogP contribution is 2.09. The number of morpholine rings is 1. The summed E-state index contributed by atoms with van der Waals surface area (Å²) in [5.41, 5.74) is 0.578. The average Bonchev–Trinajstić information content (AvgIpc) is 2.39. The summed E-state index contributed by atoms with van der Waals surface area (Å²) >= 11 is 0. The first-order valence-electron chi connectivity index (χ1n) is 5.09. The number of ether oxygens (including phenoxy) is 2. The molecule has 0 bridgehead atoms. The van der Waals surface area contributed by atoms with Crippen LogP contribution in [0.1, 0.15) is 5.69 Å². The summed E-state index contributed by atoms with van der Waals surface area (Å²) in [5.74, 6) is 0.868. The SMILES string of the molecule is COc1cc(C(=N)N2CCOCC2)ncn1. The van der Waals surface area contributed by atoms with Crippen molar-refractivity contribution in [2.24, 2.45) is 0 Å². The van der Waals surface area contributed by atoms with E-state index in [2.05, 4.69) is 9.97 Å². The van der Waals surface area contributed by atoms with Crippen LogP contribution in [0.5, 0.6) is 5.88 Å². The Kier molecular flexibility index (Phi) is 3.31. The van der Waals surface area contributed by atoms with E-state index < -0.39 is 0 Å². The predicted octanol–water partition coefficient (Wildman–Crippen LogP) is 0.143. The van der Waals surface area contributed by atoms with Crippen LogP contribution in [0.4, 0.5) is 0 Å². The van der Waals surface area contributed by atoms with Gasteiger partial charge in [-0.3, -0.25) is 5.41 Å². The molecule has 1 N–H and O–H groups in total. The fourth-order valence-electron chi connectivity index (χ4n) is 1.53. The average molecular weight is 222 g/mol. The summed E-state index contributed by atoms with van der Waals surface area (Å²) in [6.07, 6.45) is 1.41. The Morgan fingerprint density at radius 1 is 1.44 bits per heavy atom. The van der Waals surface area contributed by atoms with E-state index >= 15 is 0 Å². The van der Waals surface area contributed by atoms with Crippen LogP contribution in [0, 0.1) is 5.41 Å². The summed E-state index contributed by atoms with van der Waals surface area (Å²) in [5, 5.41) is 8.02. The van der Waals surface area contributed by atoms with Gasteiger partial charge in [-0.15, -0.1) is 0 Å². The molecular formula is C10H14N4O2. The molecule has 6 heteroatoms. The number of methoxy groups -OCH3 is 1. The van der Waals surface area contributed by atoms with Crippen molar-refractivity contribution < 1.29 is 9.47 Å². The maximum absolute atomic E-state index is 8.02. The Morgan fingerprint density at radius 2 is 2.19 bits per heavy atom. The second-order valence-corrected chi connectivity index (χ2v) is 3.39. The molecule has 1 fully saturated rings. The second kappa shape index (κ2) is 4.89. The highest BCUT2D eigenvalue weighted by molar-refractivity contribution is 5.94. The molecule has 0 saturated carbocycles. The van der Waals surface area contributed by atoms with Crippen LogP contribution in [0.15, 0.2) is 12.4 Å². The molecule has 1 aliphatic heterocycles. The molecule has 16 heavy (non-hydrogen) atoms. The Labute approximate surface area is 93.7 Å². The molecule has 1 aromatic heterocycles. The number of rotatable bonds is 2. The largest absolute Gasteiger partial charge is 0.481 e. The van der Waals surface area contributed by atoms with Gasteiger partial charge >= 0.3 is 0 Å². The third kappa shape index (κ3) is 2.27. The summed E-state index contributed by atoms with van der Waals surface area (Å²) in [6, 6.07) is 1.66. The van der Waals surface area contributed by atoms with E-state index in [0.717, 1.165) is 13.1 Å². The summed E-state index contributed by atoms with van der Waals surface area (Å²) in [7, 11) is 1.55. The zero-order chi connectivity index (χ0) is 11.4. The predicted molar refractivity (Wildman–Crippen MR) is 57.8 cm³/mol.